The van der Waals surface area contributed by atoms with E-state index >= 15 is 0 Å². The van der Waals surface area contributed by atoms with E-state index in [1.807, 2.05) is 0 Å². The topological polar surface area (TPSA) is 109 Å². The van der Waals surface area contributed by atoms with E-state index in [1.165, 1.54) is 32.1 Å². The molecule has 1 atom stereocenters. The summed E-state index contributed by atoms with van der Waals surface area (Å²) in [6, 6.07) is 0. The van der Waals surface area contributed by atoms with Gasteiger partial charge < -0.3 is 15.0 Å². The first-order valence-electron chi connectivity index (χ1n) is 9.85. The molecule has 0 radical (unpaired) electrons. The van der Waals surface area contributed by atoms with E-state index in [9.17, 15) is 15.0 Å². The number of aliphatic carboxylic acids is 1. The Labute approximate surface area is 186 Å². The Hall–Kier alpha value is -0.780. The van der Waals surface area contributed by atoms with Gasteiger partial charge in [0.1, 0.15) is 0 Å². The standard InChI is InChI=1S/C20H35N3O3.Na/c21-23-22-18-19(24)16-14-12-10-8-6-4-2-1-3-5-7-9-11-13-15-17-20(25)26;/h8-11,19,24H,1-7,12-18H2,(H,25,26);/q;+1/p-1/b10-8-,11-9-;/t19-;/m0./s1. The summed E-state index contributed by atoms with van der Waals surface area (Å²) in [6.07, 6.45) is 20.7. The molecule has 0 aliphatic heterocycles. The number of aliphatic hydroxyl groups excluding tert-OH is 1. The van der Waals surface area contributed by atoms with Gasteiger partial charge in [0.2, 0.25) is 0 Å². The van der Waals surface area contributed by atoms with Crippen LogP contribution in [0, 0.1) is 0 Å². The van der Waals surface area contributed by atoms with Crippen LogP contribution in [0.2, 0.25) is 0 Å². The number of carboxylic acids is 1. The molecule has 0 rings (SSSR count). The first-order valence-corrected chi connectivity index (χ1v) is 9.85. The molecular weight excluding hydrogens is 353 g/mol. The normalized spacial score (nSPS) is 12.0. The summed E-state index contributed by atoms with van der Waals surface area (Å²) in [7, 11) is 0. The van der Waals surface area contributed by atoms with Gasteiger partial charge in [0, 0.05) is 10.9 Å². The third kappa shape index (κ3) is 25.2. The molecule has 0 saturated carbocycles. The van der Waals surface area contributed by atoms with E-state index in [1.54, 1.807) is 0 Å². The van der Waals surface area contributed by atoms with E-state index in [0.717, 1.165) is 32.1 Å². The average molecular weight is 388 g/mol. The zero-order valence-corrected chi connectivity index (χ0v) is 18.9. The fourth-order valence-electron chi connectivity index (χ4n) is 2.58. The molecule has 0 aromatic rings. The van der Waals surface area contributed by atoms with Crippen LogP contribution in [-0.2, 0) is 4.79 Å². The van der Waals surface area contributed by atoms with E-state index in [2.05, 4.69) is 34.3 Å². The third-order valence-electron chi connectivity index (χ3n) is 4.09. The molecule has 0 heterocycles. The van der Waals surface area contributed by atoms with Crippen molar-refractivity contribution in [2.75, 3.05) is 6.54 Å². The van der Waals surface area contributed by atoms with Gasteiger partial charge in [-0.25, -0.2) is 0 Å². The molecule has 0 spiro atoms. The largest absolute Gasteiger partial charge is 1.00 e. The van der Waals surface area contributed by atoms with Gasteiger partial charge in [-0.05, 0) is 69.7 Å². The average Bonchev–Trinajstić information content (AvgIpc) is 2.62. The number of hydrogen-bond acceptors (Lipinski definition) is 4. The van der Waals surface area contributed by atoms with Gasteiger partial charge in [-0.1, -0.05) is 48.7 Å². The van der Waals surface area contributed by atoms with Crippen molar-refractivity contribution in [3.8, 4) is 0 Å². The Bertz CT molecular complexity index is 450. The quantitative estimate of drug-likeness (QED) is 0.0963. The van der Waals surface area contributed by atoms with Crippen molar-refractivity contribution in [2.24, 2.45) is 5.11 Å². The smallest absolute Gasteiger partial charge is 0.550 e. The van der Waals surface area contributed by atoms with Gasteiger partial charge in [0.25, 0.3) is 0 Å². The van der Waals surface area contributed by atoms with Gasteiger partial charge >= 0.3 is 29.6 Å². The number of nitrogens with zero attached hydrogens (tertiary/aromatic N) is 3. The van der Waals surface area contributed by atoms with E-state index < -0.39 is 12.1 Å². The summed E-state index contributed by atoms with van der Waals surface area (Å²) in [5, 5.41) is 23.1. The molecule has 0 aliphatic rings. The number of carbonyl (C=O) groups is 1. The van der Waals surface area contributed by atoms with Crippen LogP contribution < -0.4 is 34.7 Å². The van der Waals surface area contributed by atoms with Crippen LogP contribution in [0.4, 0.5) is 0 Å². The summed E-state index contributed by atoms with van der Waals surface area (Å²) < 4.78 is 0. The van der Waals surface area contributed by atoms with Crippen LogP contribution in [0.1, 0.15) is 83.5 Å². The molecule has 0 saturated heterocycles. The van der Waals surface area contributed by atoms with Crippen LogP contribution in [0.15, 0.2) is 29.4 Å². The molecule has 27 heavy (non-hydrogen) atoms. The van der Waals surface area contributed by atoms with E-state index in [4.69, 9.17) is 5.53 Å². The minimum absolute atomic E-state index is 0. The fraction of sp³-hybridized carbons (Fsp3) is 0.750. The molecule has 0 aromatic carbocycles. The number of azide groups is 1. The van der Waals surface area contributed by atoms with Crippen molar-refractivity contribution in [2.45, 2.75) is 89.6 Å². The SMILES string of the molecule is [N-]=[N+]=NC[C@@H](O)CCC/C=C\CCCCCCC/C=C\CCCC(=O)[O-].[Na+]. The van der Waals surface area contributed by atoms with Crippen molar-refractivity contribution in [3.63, 3.8) is 0 Å². The monoisotopic (exact) mass is 387 g/mol. The maximum atomic E-state index is 10.2. The number of allylic oxidation sites excluding steroid dienone is 4. The van der Waals surface area contributed by atoms with Crippen LogP contribution in [0.3, 0.4) is 0 Å². The maximum absolute atomic E-state index is 10.2. The molecule has 0 aromatic heterocycles. The van der Waals surface area contributed by atoms with E-state index in [0.29, 0.717) is 12.8 Å². The Kier molecular flexibility index (Phi) is 24.5. The zero-order chi connectivity index (χ0) is 19.3. The Morgan fingerprint density at radius 3 is 1.93 bits per heavy atom. The molecule has 0 unspecified atom stereocenters. The Balaban J connectivity index is 0. The second-order valence-corrected chi connectivity index (χ2v) is 6.55. The fourth-order valence-corrected chi connectivity index (χ4v) is 2.58. The Morgan fingerprint density at radius 2 is 1.41 bits per heavy atom. The predicted molar refractivity (Wildman–Crippen MR) is 103 cm³/mol. The van der Waals surface area contributed by atoms with Crippen LogP contribution in [-0.4, -0.2) is 23.7 Å². The molecule has 1 N–H and O–H groups in total. The van der Waals surface area contributed by atoms with Crippen LogP contribution >= 0.6 is 0 Å². The molecule has 6 nitrogen and oxygen atoms in total. The first-order chi connectivity index (χ1) is 12.7. The second kappa shape index (κ2) is 23.3. The minimum Gasteiger partial charge on any atom is -0.550 e. The molecule has 7 heteroatoms. The second-order valence-electron chi connectivity index (χ2n) is 6.55. The van der Waals surface area contributed by atoms with Gasteiger partial charge in [0.05, 0.1) is 12.6 Å². The van der Waals surface area contributed by atoms with Gasteiger partial charge in [-0.2, -0.15) is 0 Å². The molecule has 0 fully saturated rings. The number of rotatable bonds is 18. The third-order valence-corrected chi connectivity index (χ3v) is 4.09. The summed E-state index contributed by atoms with van der Waals surface area (Å²) in [6.45, 7) is 0.165. The van der Waals surface area contributed by atoms with Gasteiger partial charge in [0.15, 0.2) is 0 Å². The van der Waals surface area contributed by atoms with Crippen molar-refractivity contribution < 1.29 is 44.6 Å². The number of carboxylic acid groups (broad SMARTS) is 1. The summed E-state index contributed by atoms with van der Waals surface area (Å²) in [5.74, 6) is -0.964. The number of carbonyl (C=O) groups excluding carboxylic acids is 1. The molecular formula is C20H34N3NaO3. The summed E-state index contributed by atoms with van der Waals surface area (Å²) >= 11 is 0. The molecule has 0 bridgehead atoms. The molecule has 0 amide bonds. The zero-order valence-electron chi connectivity index (χ0n) is 16.9. The van der Waals surface area contributed by atoms with Crippen molar-refractivity contribution in [1.82, 2.24) is 0 Å². The van der Waals surface area contributed by atoms with Gasteiger partial charge in [-0.15, -0.1) is 0 Å². The molecule has 0 aliphatic carbocycles. The number of unbranched alkanes of at least 4 members (excludes halogenated alkanes) is 8. The van der Waals surface area contributed by atoms with Crippen molar-refractivity contribution >= 4 is 5.97 Å². The van der Waals surface area contributed by atoms with Crippen LogP contribution in [0.25, 0.3) is 10.4 Å². The summed E-state index contributed by atoms with van der Waals surface area (Å²) in [4.78, 5) is 12.9. The summed E-state index contributed by atoms with van der Waals surface area (Å²) in [5.41, 5.74) is 8.16. The predicted octanol–water partition coefficient (Wildman–Crippen LogP) is 1.60. The Morgan fingerprint density at radius 1 is 0.926 bits per heavy atom. The minimum atomic E-state index is -0.964. The number of aliphatic hydroxyl groups is 1. The molecule has 148 valence electrons. The first kappa shape index (κ1) is 28.4. The number of hydrogen-bond donors (Lipinski definition) is 1. The van der Waals surface area contributed by atoms with Crippen LogP contribution in [0.5, 0.6) is 0 Å². The van der Waals surface area contributed by atoms with E-state index in [-0.39, 0.29) is 42.5 Å². The van der Waals surface area contributed by atoms with Crippen molar-refractivity contribution in [1.29, 1.82) is 0 Å². The van der Waals surface area contributed by atoms with Crippen molar-refractivity contribution in [3.05, 3.63) is 34.7 Å². The van der Waals surface area contributed by atoms with Gasteiger partial charge in [-0.3, -0.25) is 0 Å². The maximum Gasteiger partial charge on any atom is 1.00 e.